The Morgan fingerprint density at radius 3 is 2.62 bits per heavy atom. The van der Waals surface area contributed by atoms with Crippen molar-refractivity contribution >= 4 is 23.6 Å². The fourth-order valence-corrected chi connectivity index (χ4v) is 2.16. The number of hydrogen-bond donors (Lipinski definition) is 1. The molecular weight excluding hydrogens is 259 g/mol. The highest BCUT2D eigenvalue weighted by Gasteiger charge is 2.35. The molecule has 2 heterocycles. The van der Waals surface area contributed by atoms with E-state index in [2.05, 4.69) is 10.1 Å². The molecule has 2 aromatic heterocycles. The van der Waals surface area contributed by atoms with E-state index in [1.807, 2.05) is 0 Å². The molecule has 0 atom stereocenters. The summed E-state index contributed by atoms with van der Waals surface area (Å²) in [5.41, 5.74) is -0.814. The summed E-state index contributed by atoms with van der Waals surface area (Å²) >= 11 is 6.14. The van der Waals surface area contributed by atoms with E-state index < -0.39 is 11.9 Å². The molecule has 2 rings (SSSR count). The van der Waals surface area contributed by atoms with Crippen LogP contribution in [0.5, 0.6) is 0 Å². The zero-order valence-electron chi connectivity index (χ0n) is 8.00. The summed E-state index contributed by atoms with van der Waals surface area (Å²) in [6.07, 6.45) is -2.93. The summed E-state index contributed by atoms with van der Waals surface area (Å²) in [6, 6.07) is 0. The molecule has 0 fully saturated rings. The number of aromatic nitrogens is 3. The van der Waals surface area contributed by atoms with Gasteiger partial charge in [0.1, 0.15) is 10.3 Å². The van der Waals surface area contributed by atoms with E-state index in [0.717, 1.165) is 4.68 Å². The maximum Gasteiger partial charge on any atom is 0.433 e. The number of H-pyrrole nitrogens is 1. The van der Waals surface area contributed by atoms with Crippen molar-refractivity contribution < 1.29 is 13.2 Å². The highest BCUT2D eigenvalue weighted by Crippen LogP contribution is 2.31. The average Bonchev–Trinajstić information content (AvgIpc) is 2.75. The molecule has 0 aliphatic carbocycles. The van der Waals surface area contributed by atoms with Crippen LogP contribution in [-0.4, -0.2) is 14.8 Å². The van der Waals surface area contributed by atoms with E-state index in [4.69, 9.17) is 12.2 Å². The van der Waals surface area contributed by atoms with E-state index in [0.29, 0.717) is 5.13 Å². The largest absolute Gasteiger partial charge is 0.433 e. The minimum Gasteiger partial charge on any atom is -0.286 e. The Labute approximate surface area is 97.5 Å². The van der Waals surface area contributed by atoms with Gasteiger partial charge in [0.15, 0.2) is 0 Å². The first kappa shape index (κ1) is 11.3. The maximum atomic E-state index is 12.6. The molecule has 0 bridgehead atoms. The van der Waals surface area contributed by atoms with E-state index in [1.54, 1.807) is 5.38 Å². The molecule has 0 aromatic carbocycles. The van der Waals surface area contributed by atoms with Gasteiger partial charge in [-0.3, -0.25) is 5.10 Å². The number of nitrogens with zero attached hydrogens (tertiary/aromatic N) is 2. The van der Waals surface area contributed by atoms with Gasteiger partial charge in [0.25, 0.3) is 0 Å². The van der Waals surface area contributed by atoms with Crippen molar-refractivity contribution in [1.82, 2.24) is 14.8 Å². The Balaban J connectivity index is 2.64. The molecule has 0 saturated heterocycles. The fraction of sp³-hybridized carbons (Fsp3) is 0.250. The molecule has 0 unspecified atom stereocenters. The van der Waals surface area contributed by atoms with Gasteiger partial charge in [-0.15, -0.1) is 11.3 Å². The Morgan fingerprint density at radius 2 is 2.19 bits per heavy atom. The highest BCUT2D eigenvalue weighted by atomic mass is 32.1. The first-order valence-electron chi connectivity index (χ1n) is 4.20. The molecule has 0 amide bonds. The third kappa shape index (κ3) is 1.78. The lowest BCUT2D eigenvalue weighted by atomic mass is 10.3. The van der Waals surface area contributed by atoms with Crippen molar-refractivity contribution in [2.75, 3.05) is 0 Å². The molecular formula is C8H6F3N3S2. The van der Waals surface area contributed by atoms with Gasteiger partial charge in [-0.1, -0.05) is 12.2 Å². The van der Waals surface area contributed by atoms with Gasteiger partial charge in [-0.2, -0.15) is 13.2 Å². The van der Waals surface area contributed by atoms with Crippen molar-refractivity contribution in [1.29, 1.82) is 0 Å². The van der Waals surface area contributed by atoms with Gasteiger partial charge in [-0.05, 0) is 6.92 Å². The molecule has 0 spiro atoms. The monoisotopic (exact) mass is 265 g/mol. The van der Waals surface area contributed by atoms with Gasteiger partial charge >= 0.3 is 6.18 Å². The molecule has 8 heteroatoms. The third-order valence-corrected chi connectivity index (χ3v) is 3.26. The van der Waals surface area contributed by atoms with E-state index in [9.17, 15) is 13.2 Å². The van der Waals surface area contributed by atoms with Crippen molar-refractivity contribution in [3.05, 3.63) is 27.5 Å². The zero-order valence-corrected chi connectivity index (χ0v) is 9.63. The first-order chi connectivity index (χ1) is 7.41. The van der Waals surface area contributed by atoms with Crippen molar-refractivity contribution in [3.8, 4) is 5.13 Å². The van der Waals surface area contributed by atoms with Gasteiger partial charge in [0, 0.05) is 17.1 Å². The number of nitrogens with one attached hydrogen (secondary N) is 1. The number of hydrogen-bond acceptors (Lipinski definition) is 3. The molecule has 16 heavy (non-hydrogen) atoms. The smallest absolute Gasteiger partial charge is 0.286 e. The lowest BCUT2D eigenvalue weighted by Crippen LogP contribution is -2.08. The van der Waals surface area contributed by atoms with E-state index in [-0.39, 0.29) is 10.2 Å². The summed E-state index contributed by atoms with van der Waals surface area (Å²) in [5.74, 6) is 0. The van der Waals surface area contributed by atoms with Crippen LogP contribution < -0.4 is 0 Å². The number of rotatable bonds is 1. The van der Waals surface area contributed by atoms with Crippen LogP contribution >= 0.6 is 23.6 Å². The molecule has 0 aliphatic rings. The van der Waals surface area contributed by atoms with Crippen LogP contribution in [0, 0.1) is 11.6 Å². The quantitative estimate of drug-likeness (QED) is 0.802. The minimum atomic E-state index is -4.43. The second-order valence-corrected chi connectivity index (χ2v) is 4.32. The molecule has 1 N–H and O–H groups in total. The minimum absolute atomic E-state index is 0.0118. The number of halogens is 3. The van der Waals surface area contributed by atoms with Crippen molar-refractivity contribution in [3.63, 3.8) is 0 Å². The Morgan fingerprint density at radius 1 is 1.50 bits per heavy atom. The summed E-state index contributed by atoms with van der Waals surface area (Å²) < 4.78 is 39.0. The summed E-state index contributed by atoms with van der Waals surface area (Å²) in [7, 11) is 0. The molecule has 0 aliphatic heterocycles. The second kappa shape index (κ2) is 3.70. The fourth-order valence-electron chi connectivity index (χ4n) is 1.26. The predicted octanol–water partition coefficient (Wildman–Crippen LogP) is 3.32. The van der Waals surface area contributed by atoms with E-state index in [1.165, 1.54) is 24.5 Å². The van der Waals surface area contributed by atoms with Gasteiger partial charge in [0.2, 0.25) is 5.13 Å². The SMILES string of the molecule is Cc1c(C(F)(F)F)[nH]n(-c2nccs2)c1=S. The highest BCUT2D eigenvalue weighted by molar-refractivity contribution is 7.71. The summed E-state index contributed by atoms with van der Waals surface area (Å²) in [5, 5.41) is 4.29. The van der Waals surface area contributed by atoms with Crippen LogP contribution in [0.2, 0.25) is 0 Å². The Bertz CT molecular complexity index is 550. The molecule has 0 saturated carbocycles. The van der Waals surface area contributed by atoms with Crippen LogP contribution in [0.1, 0.15) is 11.3 Å². The Hall–Kier alpha value is -1.15. The third-order valence-electron chi connectivity index (χ3n) is 2.02. The first-order valence-corrected chi connectivity index (χ1v) is 5.48. The van der Waals surface area contributed by atoms with Crippen LogP contribution in [0.4, 0.5) is 13.2 Å². The van der Waals surface area contributed by atoms with E-state index >= 15 is 0 Å². The van der Waals surface area contributed by atoms with Crippen LogP contribution in [0.3, 0.4) is 0 Å². The summed E-state index contributed by atoms with van der Waals surface area (Å²) in [6.45, 7) is 1.34. The molecule has 2 aromatic rings. The normalized spacial score (nSPS) is 12.0. The van der Waals surface area contributed by atoms with Crippen LogP contribution in [-0.2, 0) is 6.18 Å². The maximum absolute atomic E-state index is 12.6. The van der Waals surface area contributed by atoms with Crippen molar-refractivity contribution in [2.45, 2.75) is 13.1 Å². The molecule has 0 radical (unpaired) electrons. The lowest BCUT2D eigenvalue weighted by Gasteiger charge is -2.03. The Kier molecular flexibility index (Phi) is 2.62. The predicted molar refractivity (Wildman–Crippen MR) is 56.4 cm³/mol. The second-order valence-electron chi connectivity index (χ2n) is 3.06. The average molecular weight is 265 g/mol. The van der Waals surface area contributed by atoms with Crippen molar-refractivity contribution in [2.24, 2.45) is 0 Å². The van der Waals surface area contributed by atoms with Gasteiger partial charge in [-0.25, -0.2) is 9.67 Å². The van der Waals surface area contributed by atoms with Crippen LogP contribution in [0.15, 0.2) is 11.6 Å². The molecule has 86 valence electrons. The molecule has 3 nitrogen and oxygen atoms in total. The van der Waals surface area contributed by atoms with Crippen LogP contribution in [0.25, 0.3) is 5.13 Å². The standard InChI is InChI=1S/C8H6F3N3S2/c1-4-5(8(9,10)11)13-14(6(4)15)7-12-2-3-16-7/h2-3,13H,1H3. The summed E-state index contributed by atoms with van der Waals surface area (Å²) in [4.78, 5) is 3.90. The van der Waals surface area contributed by atoms with Gasteiger partial charge < -0.3 is 0 Å². The zero-order chi connectivity index (χ0) is 11.9. The topological polar surface area (TPSA) is 33.6 Å². The number of aromatic amines is 1. The lowest BCUT2D eigenvalue weighted by molar-refractivity contribution is -0.141. The van der Waals surface area contributed by atoms with Gasteiger partial charge in [0.05, 0.1) is 0 Å². The number of alkyl halides is 3. The number of thiazole rings is 1.